The number of sulfonamides is 1. The fourth-order valence-corrected chi connectivity index (χ4v) is 3.97. The Kier molecular flexibility index (Phi) is 6.69. The number of benzene rings is 2. The third-order valence-corrected chi connectivity index (χ3v) is 5.39. The van der Waals surface area contributed by atoms with Crippen LogP contribution >= 0.6 is 11.6 Å². The molecule has 0 spiro atoms. The molecular formula is C18H18ClF3N2O4S. The van der Waals surface area contributed by atoms with Crippen LogP contribution in [0.3, 0.4) is 0 Å². The van der Waals surface area contributed by atoms with Gasteiger partial charge in [0.05, 0.1) is 24.6 Å². The maximum atomic E-state index is 12.9. The summed E-state index contributed by atoms with van der Waals surface area (Å²) < 4.78 is 69.3. The molecule has 0 fully saturated rings. The van der Waals surface area contributed by atoms with Crippen LogP contribution in [0.4, 0.5) is 24.5 Å². The molecule has 29 heavy (non-hydrogen) atoms. The summed E-state index contributed by atoms with van der Waals surface area (Å²) in [6, 6.07) is 6.95. The minimum Gasteiger partial charge on any atom is -0.495 e. The van der Waals surface area contributed by atoms with Gasteiger partial charge in [-0.1, -0.05) is 17.7 Å². The van der Waals surface area contributed by atoms with Gasteiger partial charge in [-0.15, -0.1) is 0 Å². The van der Waals surface area contributed by atoms with E-state index in [1.165, 1.54) is 38.3 Å². The highest BCUT2D eigenvalue weighted by Gasteiger charge is 2.33. The molecule has 1 N–H and O–H groups in total. The van der Waals surface area contributed by atoms with E-state index in [0.29, 0.717) is 0 Å². The number of rotatable bonds is 6. The van der Waals surface area contributed by atoms with Gasteiger partial charge in [-0.25, -0.2) is 8.42 Å². The molecule has 2 aromatic rings. The van der Waals surface area contributed by atoms with Gasteiger partial charge in [-0.05, 0) is 43.3 Å². The molecule has 1 amide bonds. The standard InChI is InChI=1S/C18H18ClF3N2O4S/c1-11(17(25)23-14-6-4-5-12(9-14)18(20,21)22)24(29(3,26)27)15-10-13(19)7-8-16(15)28-2/h4-11H,1-3H3,(H,23,25)/t11-/m0/s1. The Morgan fingerprint density at radius 2 is 1.86 bits per heavy atom. The first-order valence-electron chi connectivity index (χ1n) is 8.15. The van der Waals surface area contributed by atoms with Crippen LogP contribution in [0.25, 0.3) is 0 Å². The van der Waals surface area contributed by atoms with Crippen LogP contribution in [0.15, 0.2) is 42.5 Å². The van der Waals surface area contributed by atoms with Crippen molar-refractivity contribution in [1.82, 2.24) is 0 Å². The van der Waals surface area contributed by atoms with Crippen LogP contribution in [0.1, 0.15) is 12.5 Å². The summed E-state index contributed by atoms with van der Waals surface area (Å²) in [6.45, 7) is 1.30. The van der Waals surface area contributed by atoms with Gasteiger partial charge in [-0.3, -0.25) is 9.10 Å². The number of amides is 1. The molecule has 0 bridgehead atoms. The van der Waals surface area contributed by atoms with Crippen LogP contribution in [0.2, 0.25) is 5.02 Å². The molecule has 0 saturated carbocycles. The molecule has 158 valence electrons. The number of carbonyl (C=O) groups excluding carboxylic acids is 1. The summed E-state index contributed by atoms with van der Waals surface area (Å²) in [5.41, 5.74) is -1.04. The van der Waals surface area contributed by atoms with E-state index in [1.807, 2.05) is 0 Å². The zero-order valence-corrected chi connectivity index (χ0v) is 17.2. The van der Waals surface area contributed by atoms with Gasteiger partial charge in [0.15, 0.2) is 0 Å². The highest BCUT2D eigenvalue weighted by Crippen LogP contribution is 2.35. The number of alkyl halides is 3. The van der Waals surface area contributed by atoms with E-state index in [-0.39, 0.29) is 22.1 Å². The van der Waals surface area contributed by atoms with E-state index in [2.05, 4.69) is 5.32 Å². The highest BCUT2D eigenvalue weighted by atomic mass is 35.5. The molecule has 2 rings (SSSR count). The second kappa shape index (κ2) is 8.50. The number of ether oxygens (including phenoxy) is 1. The largest absolute Gasteiger partial charge is 0.495 e. The molecule has 6 nitrogen and oxygen atoms in total. The van der Waals surface area contributed by atoms with Crippen molar-refractivity contribution in [2.75, 3.05) is 23.0 Å². The van der Waals surface area contributed by atoms with E-state index in [0.717, 1.165) is 28.8 Å². The minimum absolute atomic E-state index is 0.0224. The predicted octanol–water partition coefficient (Wildman–Crippen LogP) is 4.16. The number of hydrogen-bond acceptors (Lipinski definition) is 4. The third kappa shape index (κ3) is 5.54. The van der Waals surface area contributed by atoms with E-state index < -0.39 is 33.7 Å². The molecule has 0 aliphatic carbocycles. The average Bonchev–Trinajstić information content (AvgIpc) is 2.60. The van der Waals surface area contributed by atoms with E-state index in [4.69, 9.17) is 16.3 Å². The van der Waals surface area contributed by atoms with Crippen molar-refractivity contribution in [2.24, 2.45) is 0 Å². The maximum Gasteiger partial charge on any atom is 0.416 e. The second-order valence-electron chi connectivity index (χ2n) is 6.12. The number of hydrogen-bond donors (Lipinski definition) is 1. The second-order valence-corrected chi connectivity index (χ2v) is 8.41. The Morgan fingerprint density at radius 1 is 1.21 bits per heavy atom. The van der Waals surface area contributed by atoms with Gasteiger partial charge >= 0.3 is 6.18 Å². The smallest absolute Gasteiger partial charge is 0.416 e. The molecule has 0 saturated heterocycles. The van der Waals surface area contributed by atoms with Crippen molar-refractivity contribution >= 4 is 38.9 Å². The van der Waals surface area contributed by atoms with Crippen LogP contribution in [-0.2, 0) is 21.0 Å². The van der Waals surface area contributed by atoms with E-state index in [1.54, 1.807) is 0 Å². The fraction of sp³-hybridized carbons (Fsp3) is 0.278. The summed E-state index contributed by atoms with van der Waals surface area (Å²) in [5, 5.41) is 2.52. The van der Waals surface area contributed by atoms with Crippen molar-refractivity contribution in [2.45, 2.75) is 19.1 Å². The summed E-state index contributed by atoms with van der Waals surface area (Å²) in [7, 11) is -2.66. The Labute approximate surface area is 171 Å². The number of halogens is 4. The van der Waals surface area contributed by atoms with Gasteiger partial charge in [0.25, 0.3) is 0 Å². The molecule has 0 heterocycles. The maximum absolute atomic E-state index is 12.9. The van der Waals surface area contributed by atoms with Crippen molar-refractivity contribution < 1.29 is 31.1 Å². The Bertz CT molecular complexity index is 1010. The van der Waals surface area contributed by atoms with Crippen LogP contribution in [0, 0.1) is 0 Å². The zero-order valence-electron chi connectivity index (χ0n) is 15.6. The van der Waals surface area contributed by atoms with Gasteiger partial charge < -0.3 is 10.1 Å². The Morgan fingerprint density at radius 3 is 2.41 bits per heavy atom. The van der Waals surface area contributed by atoms with Gasteiger partial charge in [0, 0.05) is 10.7 Å². The Hall–Kier alpha value is -2.46. The summed E-state index contributed by atoms with van der Waals surface area (Å²) in [6.07, 6.45) is -3.69. The molecule has 2 aromatic carbocycles. The number of methoxy groups -OCH3 is 1. The molecule has 0 aliphatic heterocycles. The minimum atomic E-state index is -4.58. The monoisotopic (exact) mass is 450 g/mol. The van der Waals surface area contributed by atoms with Crippen molar-refractivity contribution in [3.8, 4) is 5.75 Å². The van der Waals surface area contributed by atoms with Gasteiger partial charge in [0.2, 0.25) is 15.9 Å². The lowest BCUT2D eigenvalue weighted by molar-refractivity contribution is -0.137. The quantitative estimate of drug-likeness (QED) is 0.717. The summed E-state index contributed by atoms with van der Waals surface area (Å²) in [5.74, 6) is -0.685. The molecule has 0 unspecified atom stereocenters. The topological polar surface area (TPSA) is 75.7 Å². The lowest BCUT2D eigenvalue weighted by Crippen LogP contribution is -2.45. The lowest BCUT2D eigenvalue weighted by Gasteiger charge is -2.29. The normalized spacial score (nSPS) is 12.9. The molecule has 0 radical (unpaired) electrons. The van der Waals surface area contributed by atoms with Crippen LogP contribution in [-0.4, -0.2) is 33.7 Å². The predicted molar refractivity (Wildman–Crippen MR) is 105 cm³/mol. The van der Waals surface area contributed by atoms with Crippen LogP contribution < -0.4 is 14.4 Å². The summed E-state index contributed by atoms with van der Waals surface area (Å²) >= 11 is 5.96. The highest BCUT2D eigenvalue weighted by molar-refractivity contribution is 7.92. The van der Waals surface area contributed by atoms with Crippen molar-refractivity contribution in [1.29, 1.82) is 0 Å². The molecule has 1 atom stereocenters. The third-order valence-electron chi connectivity index (χ3n) is 3.92. The molecule has 11 heteroatoms. The number of nitrogens with one attached hydrogen (secondary N) is 1. The molecule has 0 aromatic heterocycles. The van der Waals surface area contributed by atoms with Crippen molar-refractivity contribution in [3.63, 3.8) is 0 Å². The zero-order chi connectivity index (χ0) is 22.0. The van der Waals surface area contributed by atoms with Gasteiger partial charge in [0.1, 0.15) is 11.8 Å². The van der Waals surface area contributed by atoms with Gasteiger partial charge in [-0.2, -0.15) is 13.2 Å². The SMILES string of the molecule is COc1ccc(Cl)cc1N([C@@H](C)C(=O)Nc1cccc(C(F)(F)F)c1)S(C)(=O)=O. The number of carbonyl (C=O) groups is 1. The fourth-order valence-electron chi connectivity index (χ4n) is 2.64. The Balaban J connectivity index is 2.40. The summed E-state index contributed by atoms with van der Waals surface area (Å²) in [4.78, 5) is 12.6. The van der Waals surface area contributed by atoms with Crippen molar-refractivity contribution in [3.05, 3.63) is 53.1 Å². The molecular weight excluding hydrogens is 433 g/mol. The first-order chi connectivity index (χ1) is 13.3. The average molecular weight is 451 g/mol. The number of nitrogens with zero attached hydrogens (tertiary/aromatic N) is 1. The first-order valence-corrected chi connectivity index (χ1v) is 10.4. The van der Waals surface area contributed by atoms with E-state index in [9.17, 15) is 26.4 Å². The first kappa shape index (κ1) is 22.8. The number of anilines is 2. The van der Waals surface area contributed by atoms with E-state index >= 15 is 0 Å². The van der Waals surface area contributed by atoms with Crippen LogP contribution in [0.5, 0.6) is 5.75 Å². The lowest BCUT2D eigenvalue weighted by atomic mass is 10.2. The molecule has 0 aliphatic rings.